The maximum atomic E-state index is 14.9. The van der Waals surface area contributed by atoms with Crippen LogP contribution in [0, 0.1) is 0 Å². The van der Waals surface area contributed by atoms with E-state index in [0.717, 1.165) is 44.2 Å². The van der Waals surface area contributed by atoms with Crippen LogP contribution in [0.3, 0.4) is 0 Å². The van der Waals surface area contributed by atoms with E-state index in [0.29, 0.717) is 0 Å². The van der Waals surface area contributed by atoms with Gasteiger partial charge in [0.2, 0.25) is 7.29 Å². The predicted octanol–water partition coefficient (Wildman–Crippen LogP) is 5.11. The summed E-state index contributed by atoms with van der Waals surface area (Å²) in [5.74, 6) is 0. The first-order valence-electron chi connectivity index (χ1n) is 8.94. The highest BCUT2D eigenvalue weighted by atomic mass is 31.2. The lowest BCUT2D eigenvalue weighted by Crippen LogP contribution is -2.37. The number of anilines is 2. The number of para-hydroxylation sites is 1. The Hall–Kier alpha value is -3.16. The second kappa shape index (κ2) is 5.18. The summed E-state index contributed by atoms with van der Waals surface area (Å²) >= 11 is 0. The van der Waals surface area contributed by atoms with Crippen molar-refractivity contribution < 1.29 is 4.57 Å². The standard InChI is InChI=1S/C23H15N2OP/c26-27-22-11-5-2-8-17(22)16-7-1-4-10-20(16)25(27)21-13-14-24-15-19(21)18-9-3-6-12-23(18)27/h1-15H. The van der Waals surface area contributed by atoms with Crippen molar-refractivity contribution in [1.82, 2.24) is 4.98 Å². The molecule has 1 atom stereocenters. The summed E-state index contributed by atoms with van der Waals surface area (Å²) in [5, 5.41) is 1.78. The van der Waals surface area contributed by atoms with Crippen molar-refractivity contribution in [2.24, 2.45) is 0 Å². The summed E-state index contributed by atoms with van der Waals surface area (Å²) < 4.78 is 17.0. The van der Waals surface area contributed by atoms with Crippen molar-refractivity contribution >= 4 is 29.3 Å². The molecule has 0 aliphatic carbocycles. The van der Waals surface area contributed by atoms with Crippen molar-refractivity contribution in [1.29, 1.82) is 0 Å². The van der Waals surface area contributed by atoms with Crippen LogP contribution in [0.25, 0.3) is 22.3 Å². The summed E-state index contributed by atoms with van der Waals surface area (Å²) in [6.07, 6.45) is 3.65. The molecule has 0 amide bonds. The third-order valence-corrected chi connectivity index (χ3v) is 8.56. The van der Waals surface area contributed by atoms with Crippen molar-refractivity contribution in [2.75, 3.05) is 4.67 Å². The van der Waals surface area contributed by atoms with Gasteiger partial charge in [0.15, 0.2) is 0 Å². The van der Waals surface area contributed by atoms with Crippen LogP contribution in [0.4, 0.5) is 11.4 Å². The number of hydrogen-bond donors (Lipinski definition) is 0. The van der Waals surface area contributed by atoms with E-state index in [-0.39, 0.29) is 0 Å². The normalized spacial score (nSPS) is 18.6. The van der Waals surface area contributed by atoms with E-state index in [9.17, 15) is 4.57 Å². The van der Waals surface area contributed by atoms with Gasteiger partial charge in [-0.2, -0.15) is 0 Å². The first-order valence-corrected chi connectivity index (χ1v) is 10.6. The molecule has 0 radical (unpaired) electrons. The molecule has 0 saturated heterocycles. The van der Waals surface area contributed by atoms with E-state index in [1.54, 1.807) is 6.20 Å². The molecule has 1 unspecified atom stereocenters. The van der Waals surface area contributed by atoms with Gasteiger partial charge in [-0.05, 0) is 35.4 Å². The fourth-order valence-corrected chi connectivity index (χ4v) is 7.64. The monoisotopic (exact) mass is 366 g/mol. The van der Waals surface area contributed by atoms with Gasteiger partial charge in [0.25, 0.3) is 0 Å². The number of rotatable bonds is 0. The molecule has 3 aromatic carbocycles. The fraction of sp³-hybridized carbons (Fsp3) is 0. The quantitative estimate of drug-likeness (QED) is 0.406. The van der Waals surface area contributed by atoms with Crippen LogP contribution in [-0.4, -0.2) is 4.98 Å². The Kier molecular flexibility index (Phi) is 2.87. The first kappa shape index (κ1) is 15.0. The molecule has 27 heavy (non-hydrogen) atoms. The largest absolute Gasteiger partial charge is 0.289 e. The van der Waals surface area contributed by atoms with E-state index in [1.807, 2.05) is 60.8 Å². The van der Waals surface area contributed by atoms with Crippen LogP contribution >= 0.6 is 7.29 Å². The van der Waals surface area contributed by atoms with E-state index in [2.05, 4.69) is 33.9 Å². The number of benzene rings is 3. The zero-order chi connectivity index (χ0) is 18.0. The first-order chi connectivity index (χ1) is 13.3. The Balaban J connectivity index is 1.84. The third kappa shape index (κ3) is 1.77. The predicted molar refractivity (Wildman–Crippen MR) is 111 cm³/mol. The van der Waals surface area contributed by atoms with E-state index < -0.39 is 7.29 Å². The van der Waals surface area contributed by atoms with Crippen LogP contribution in [0.5, 0.6) is 0 Å². The summed E-state index contributed by atoms with van der Waals surface area (Å²) in [6, 6.07) is 26.3. The van der Waals surface area contributed by atoms with Crippen LogP contribution in [-0.2, 0) is 4.57 Å². The number of aromatic nitrogens is 1. The smallest absolute Gasteiger partial charge is 0.235 e. The van der Waals surface area contributed by atoms with Crippen molar-refractivity contribution in [3.63, 3.8) is 0 Å². The van der Waals surface area contributed by atoms with Crippen molar-refractivity contribution in [3.05, 3.63) is 91.3 Å². The molecule has 1 aromatic heterocycles. The highest BCUT2D eigenvalue weighted by Crippen LogP contribution is 2.65. The Bertz CT molecular complexity index is 1190. The van der Waals surface area contributed by atoms with Gasteiger partial charge in [-0.1, -0.05) is 54.6 Å². The van der Waals surface area contributed by atoms with Crippen molar-refractivity contribution in [2.45, 2.75) is 0 Å². The molecular formula is C23H15N2OP. The summed E-state index contributed by atoms with van der Waals surface area (Å²) in [4.78, 5) is 4.34. The number of nitrogens with zero attached hydrogens (tertiary/aromatic N) is 2. The van der Waals surface area contributed by atoms with E-state index in [1.165, 1.54) is 0 Å². The van der Waals surface area contributed by atoms with Gasteiger partial charge in [0.05, 0.1) is 11.4 Å². The lowest BCUT2D eigenvalue weighted by atomic mass is 10.0. The minimum atomic E-state index is -3.06. The molecule has 0 N–H and O–H groups in total. The molecule has 2 aliphatic heterocycles. The molecule has 4 heteroatoms. The Morgan fingerprint density at radius 3 is 1.93 bits per heavy atom. The van der Waals surface area contributed by atoms with Gasteiger partial charge in [-0.25, -0.2) is 0 Å². The average Bonchev–Trinajstić information content (AvgIpc) is 2.74. The van der Waals surface area contributed by atoms with Gasteiger partial charge in [0, 0.05) is 34.1 Å². The van der Waals surface area contributed by atoms with E-state index in [4.69, 9.17) is 0 Å². The molecule has 2 aliphatic rings. The highest BCUT2D eigenvalue weighted by Gasteiger charge is 2.47. The fourth-order valence-electron chi connectivity index (χ4n) is 4.38. The lowest BCUT2D eigenvalue weighted by molar-refractivity contribution is 0.586. The Morgan fingerprint density at radius 1 is 0.630 bits per heavy atom. The number of fused-ring (bicyclic) bond motifs is 11. The molecule has 4 aromatic rings. The SMILES string of the molecule is O=P12c3ccccc3-c3ccccc3N1c1ccncc1-c1ccccc12. The molecule has 128 valence electrons. The zero-order valence-electron chi connectivity index (χ0n) is 14.4. The van der Waals surface area contributed by atoms with Crippen LogP contribution in [0.2, 0.25) is 0 Å². The van der Waals surface area contributed by atoms with Gasteiger partial charge < -0.3 is 0 Å². The molecular weight excluding hydrogens is 351 g/mol. The second-order valence-electron chi connectivity index (χ2n) is 6.83. The minimum absolute atomic E-state index is 0.882. The summed E-state index contributed by atoms with van der Waals surface area (Å²) in [7, 11) is -3.06. The molecule has 0 spiro atoms. The van der Waals surface area contributed by atoms with Gasteiger partial charge in [0.1, 0.15) is 0 Å². The van der Waals surface area contributed by atoms with Gasteiger partial charge >= 0.3 is 0 Å². The lowest BCUT2D eigenvalue weighted by Gasteiger charge is -2.44. The Morgan fingerprint density at radius 2 is 1.19 bits per heavy atom. The molecule has 3 heterocycles. The van der Waals surface area contributed by atoms with Gasteiger partial charge in [-0.15, -0.1) is 0 Å². The average molecular weight is 366 g/mol. The third-order valence-electron chi connectivity index (χ3n) is 5.48. The molecule has 6 rings (SSSR count). The number of hydrogen-bond acceptors (Lipinski definition) is 2. The topological polar surface area (TPSA) is 33.2 Å². The minimum Gasteiger partial charge on any atom is -0.289 e. The van der Waals surface area contributed by atoms with Crippen LogP contribution < -0.4 is 15.3 Å². The summed E-state index contributed by atoms with van der Waals surface area (Å²) in [6.45, 7) is 0. The Labute approximate surface area is 157 Å². The summed E-state index contributed by atoms with van der Waals surface area (Å²) in [5.41, 5.74) is 6.14. The highest BCUT2D eigenvalue weighted by molar-refractivity contribution is 7.81. The number of pyridine rings is 1. The zero-order valence-corrected chi connectivity index (χ0v) is 15.3. The molecule has 0 bridgehead atoms. The van der Waals surface area contributed by atoms with Crippen molar-refractivity contribution in [3.8, 4) is 22.3 Å². The molecule has 0 saturated carbocycles. The second-order valence-corrected chi connectivity index (χ2v) is 9.35. The van der Waals surface area contributed by atoms with Gasteiger partial charge in [-0.3, -0.25) is 14.2 Å². The molecule has 3 nitrogen and oxygen atoms in total. The molecule has 0 fully saturated rings. The van der Waals surface area contributed by atoms with Crippen LogP contribution in [0.15, 0.2) is 91.3 Å². The van der Waals surface area contributed by atoms with Crippen LogP contribution in [0.1, 0.15) is 0 Å². The van der Waals surface area contributed by atoms with E-state index >= 15 is 0 Å². The maximum Gasteiger partial charge on any atom is 0.235 e. The maximum absolute atomic E-state index is 14.9.